The fourth-order valence-corrected chi connectivity index (χ4v) is 1.28. The second kappa shape index (κ2) is 3.92. The van der Waals surface area contributed by atoms with Crippen molar-refractivity contribution in [2.45, 2.75) is 41.5 Å². The summed E-state index contributed by atoms with van der Waals surface area (Å²) in [4.78, 5) is 0. The summed E-state index contributed by atoms with van der Waals surface area (Å²) < 4.78 is 0. The van der Waals surface area contributed by atoms with E-state index in [1.165, 1.54) is 0 Å². The molecule has 0 unspecified atom stereocenters. The molecule has 0 aromatic rings. The maximum Gasteiger partial charge on any atom is 0.0654 e. The van der Waals surface area contributed by atoms with Crippen molar-refractivity contribution in [3.63, 3.8) is 0 Å². The number of rotatable bonds is 3. The molecule has 0 aliphatic carbocycles. The summed E-state index contributed by atoms with van der Waals surface area (Å²) in [6, 6.07) is 0. The molecule has 0 saturated heterocycles. The number of oxime groups is 1. The fraction of sp³-hybridized carbons (Fsp3) is 0.900. The maximum absolute atomic E-state index is 8.87. The Hall–Kier alpha value is -0.530. The van der Waals surface area contributed by atoms with Crippen molar-refractivity contribution in [1.29, 1.82) is 0 Å². The molecule has 0 spiro atoms. The summed E-state index contributed by atoms with van der Waals surface area (Å²) in [6.07, 6.45) is 0. The van der Waals surface area contributed by atoms with Gasteiger partial charge in [0, 0.05) is 5.41 Å². The first-order chi connectivity index (χ1) is 5.34. The molecule has 72 valence electrons. The first-order valence-corrected chi connectivity index (χ1v) is 4.56. The van der Waals surface area contributed by atoms with Gasteiger partial charge in [-0.2, -0.15) is 0 Å². The summed E-state index contributed by atoms with van der Waals surface area (Å²) in [7, 11) is 0. The van der Waals surface area contributed by atoms with Crippen LogP contribution in [0.1, 0.15) is 41.5 Å². The highest BCUT2D eigenvalue weighted by molar-refractivity contribution is 5.90. The van der Waals surface area contributed by atoms with Crippen molar-refractivity contribution >= 4 is 5.71 Å². The van der Waals surface area contributed by atoms with Crippen LogP contribution in [0, 0.1) is 17.3 Å². The van der Waals surface area contributed by atoms with E-state index in [4.69, 9.17) is 5.21 Å². The van der Waals surface area contributed by atoms with Gasteiger partial charge in [-0.3, -0.25) is 0 Å². The normalized spacial score (nSPS) is 14.5. The van der Waals surface area contributed by atoms with Crippen molar-refractivity contribution in [2.24, 2.45) is 22.4 Å². The number of hydrogen-bond acceptors (Lipinski definition) is 2. The number of nitrogens with zero attached hydrogens (tertiary/aromatic N) is 1. The van der Waals surface area contributed by atoms with Crippen LogP contribution in [0.5, 0.6) is 0 Å². The van der Waals surface area contributed by atoms with Gasteiger partial charge in [-0.1, -0.05) is 46.7 Å². The molecule has 2 nitrogen and oxygen atoms in total. The molecule has 0 atom stereocenters. The highest BCUT2D eigenvalue weighted by atomic mass is 16.4. The Bertz CT molecular complexity index is 169. The van der Waals surface area contributed by atoms with E-state index in [0.29, 0.717) is 11.8 Å². The summed E-state index contributed by atoms with van der Waals surface area (Å²) >= 11 is 0. The van der Waals surface area contributed by atoms with Crippen LogP contribution < -0.4 is 0 Å². The summed E-state index contributed by atoms with van der Waals surface area (Å²) in [5.41, 5.74) is 0.876. The van der Waals surface area contributed by atoms with Crippen molar-refractivity contribution in [3.05, 3.63) is 0 Å². The van der Waals surface area contributed by atoms with Gasteiger partial charge < -0.3 is 5.21 Å². The van der Waals surface area contributed by atoms with Gasteiger partial charge in [0.1, 0.15) is 0 Å². The highest BCUT2D eigenvalue weighted by Crippen LogP contribution is 2.30. The first kappa shape index (κ1) is 11.5. The molecule has 0 aromatic carbocycles. The minimum Gasteiger partial charge on any atom is -0.411 e. The molecule has 0 aliphatic heterocycles. The lowest BCUT2D eigenvalue weighted by Gasteiger charge is -2.31. The second-order valence-corrected chi connectivity index (χ2v) is 4.52. The Morgan fingerprint density at radius 1 is 1.17 bits per heavy atom. The third-order valence-corrected chi connectivity index (χ3v) is 2.76. The molecular weight excluding hydrogens is 150 g/mol. The van der Waals surface area contributed by atoms with Gasteiger partial charge in [0.2, 0.25) is 0 Å². The molecule has 0 aliphatic rings. The van der Waals surface area contributed by atoms with Gasteiger partial charge in [-0.05, 0) is 11.8 Å². The first-order valence-electron chi connectivity index (χ1n) is 4.56. The Morgan fingerprint density at radius 3 is 1.67 bits per heavy atom. The molecule has 0 aromatic heterocycles. The molecule has 0 rings (SSSR count). The predicted molar refractivity (Wildman–Crippen MR) is 52.7 cm³/mol. The van der Waals surface area contributed by atoms with Crippen molar-refractivity contribution in [3.8, 4) is 0 Å². The van der Waals surface area contributed by atoms with Crippen molar-refractivity contribution in [1.82, 2.24) is 0 Å². The Kier molecular flexibility index (Phi) is 3.75. The zero-order valence-corrected chi connectivity index (χ0v) is 9.05. The maximum atomic E-state index is 8.87. The van der Waals surface area contributed by atoms with Crippen LogP contribution in [0.15, 0.2) is 5.16 Å². The zero-order valence-electron chi connectivity index (χ0n) is 9.05. The number of hydrogen-bond donors (Lipinski definition) is 1. The van der Waals surface area contributed by atoms with E-state index in [1.807, 2.05) is 0 Å². The Labute approximate surface area is 75.7 Å². The molecule has 12 heavy (non-hydrogen) atoms. The van der Waals surface area contributed by atoms with Gasteiger partial charge in [0.05, 0.1) is 5.71 Å². The minimum atomic E-state index is -0.0110. The monoisotopic (exact) mass is 171 g/mol. The van der Waals surface area contributed by atoms with Gasteiger partial charge in [-0.25, -0.2) is 0 Å². The van der Waals surface area contributed by atoms with E-state index in [1.54, 1.807) is 0 Å². The second-order valence-electron chi connectivity index (χ2n) is 4.52. The Balaban J connectivity index is 4.74. The lowest BCUT2D eigenvalue weighted by atomic mass is 9.73. The largest absolute Gasteiger partial charge is 0.411 e. The SMILES string of the molecule is CC(C)/C(=N\O)C(C)(C)C(C)C. The molecule has 0 amide bonds. The fourth-order valence-electron chi connectivity index (χ4n) is 1.28. The van der Waals surface area contributed by atoms with Crippen LogP contribution in [0.3, 0.4) is 0 Å². The summed E-state index contributed by atoms with van der Waals surface area (Å²) in [5, 5.41) is 12.3. The van der Waals surface area contributed by atoms with Crippen LogP contribution >= 0.6 is 0 Å². The molecule has 0 radical (unpaired) electrons. The smallest absolute Gasteiger partial charge is 0.0654 e. The van der Waals surface area contributed by atoms with Crippen molar-refractivity contribution in [2.75, 3.05) is 0 Å². The van der Waals surface area contributed by atoms with E-state index in [-0.39, 0.29) is 5.41 Å². The standard InChI is InChI=1S/C10H21NO/c1-7(2)9(11-12)10(5,6)8(3)4/h7-8,12H,1-6H3/b11-9+. The van der Waals surface area contributed by atoms with Crippen LogP contribution in [-0.2, 0) is 0 Å². The van der Waals surface area contributed by atoms with Crippen LogP contribution in [0.4, 0.5) is 0 Å². The lowest BCUT2D eigenvalue weighted by Crippen LogP contribution is -2.33. The molecule has 2 heteroatoms. The molecule has 0 bridgehead atoms. The summed E-state index contributed by atoms with van der Waals surface area (Å²) in [5.74, 6) is 0.804. The lowest BCUT2D eigenvalue weighted by molar-refractivity contribution is 0.284. The third kappa shape index (κ3) is 2.23. The van der Waals surface area contributed by atoms with Gasteiger partial charge in [0.25, 0.3) is 0 Å². The van der Waals surface area contributed by atoms with Crippen LogP contribution in [0.25, 0.3) is 0 Å². The minimum absolute atomic E-state index is 0.0110. The van der Waals surface area contributed by atoms with Gasteiger partial charge >= 0.3 is 0 Å². The van der Waals surface area contributed by atoms with Crippen LogP contribution in [-0.4, -0.2) is 10.9 Å². The van der Waals surface area contributed by atoms with Crippen LogP contribution in [0.2, 0.25) is 0 Å². The van der Waals surface area contributed by atoms with E-state index in [2.05, 4.69) is 46.7 Å². The third-order valence-electron chi connectivity index (χ3n) is 2.76. The zero-order chi connectivity index (χ0) is 9.94. The Morgan fingerprint density at radius 2 is 1.58 bits per heavy atom. The van der Waals surface area contributed by atoms with Gasteiger partial charge in [0.15, 0.2) is 0 Å². The highest BCUT2D eigenvalue weighted by Gasteiger charge is 2.30. The van der Waals surface area contributed by atoms with E-state index < -0.39 is 0 Å². The molecular formula is C10H21NO. The molecule has 0 fully saturated rings. The van der Waals surface area contributed by atoms with E-state index in [9.17, 15) is 0 Å². The van der Waals surface area contributed by atoms with E-state index in [0.717, 1.165) is 5.71 Å². The van der Waals surface area contributed by atoms with Gasteiger partial charge in [-0.15, -0.1) is 0 Å². The molecule has 0 saturated carbocycles. The summed E-state index contributed by atoms with van der Waals surface area (Å²) in [6.45, 7) is 12.6. The molecule has 1 N–H and O–H groups in total. The van der Waals surface area contributed by atoms with E-state index >= 15 is 0 Å². The molecule has 0 heterocycles. The van der Waals surface area contributed by atoms with Crippen molar-refractivity contribution < 1.29 is 5.21 Å². The quantitative estimate of drug-likeness (QED) is 0.395. The average molecular weight is 171 g/mol. The average Bonchev–Trinajstić information content (AvgIpc) is 1.86. The topological polar surface area (TPSA) is 32.6 Å². The predicted octanol–water partition coefficient (Wildman–Crippen LogP) is 3.15.